The maximum atomic E-state index is 11.8. The van der Waals surface area contributed by atoms with Gasteiger partial charge in [0.1, 0.15) is 5.60 Å². The Balaban J connectivity index is 1.72. The zero-order valence-electron chi connectivity index (χ0n) is 12.6. The Kier molecular flexibility index (Phi) is 4.22. The summed E-state index contributed by atoms with van der Waals surface area (Å²) >= 11 is 0. The molecule has 2 amide bonds. The average Bonchev–Trinajstić information content (AvgIpc) is 2.61. The first-order chi connectivity index (χ1) is 9.28. The molecule has 0 aliphatic carbocycles. The van der Waals surface area contributed by atoms with Gasteiger partial charge in [-0.25, -0.2) is 4.79 Å². The number of carbonyl (C=O) groups excluding carboxylic acids is 2. The van der Waals surface area contributed by atoms with Crippen molar-refractivity contribution in [3.63, 3.8) is 0 Å². The third-order valence-electron chi connectivity index (χ3n) is 3.72. The standard InChI is InChI=1S/C14H25N3O3/c1-14(2,3)20-13(19)17-8-11(9-17)7-16-6-10(5-15)4-12(16)18/h10-11H,4-9,15H2,1-3H3. The van der Waals surface area contributed by atoms with Gasteiger partial charge in [0.25, 0.3) is 0 Å². The van der Waals surface area contributed by atoms with Crippen LogP contribution in [0.15, 0.2) is 0 Å². The van der Waals surface area contributed by atoms with Gasteiger partial charge in [-0.15, -0.1) is 0 Å². The van der Waals surface area contributed by atoms with Crippen LogP contribution >= 0.6 is 0 Å². The summed E-state index contributed by atoms with van der Waals surface area (Å²) in [6, 6.07) is 0. The maximum Gasteiger partial charge on any atom is 0.410 e. The topological polar surface area (TPSA) is 75.9 Å². The van der Waals surface area contributed by atoms with Gasteiger partial charge in [0.05, 0.1) is 0 Å². The van der Waals surface area contributed by atoms with Crippen molar-refractivity contribution in [1.82, 2.24) is 9.80 Å². The van der Waals surface area contributed by atoms with Gasteiger partial charge < -0.3 is 20.3 Å². The molecule has 6 nitrogen and oxygen atoms in total. The van der Waals surface area contributed by atoms with Crippen molar-refractivity contribution in [3.8, 4) is 0 Å². The van der Waals surface area contributed by atoms with Crippen LogP contribution in [0.5, 0.6) is 0 Å². The number of ether oxygens (including phenoxy) is 1. The first-order valence-electron chi connectivity index (χ1n) is 7.24. The minimum atomic E-state index is -0.457. The van der Waals surface area contributed by atoms with Gasteiger partial charge in [0.15, 0.2) is 0 Å². The molecule has 0 aromatic carbocycles. The largest absolute Gasteiger partial charge is 0.444 e. The van der Waals surface area contributed by atoms with E-state index in [2.05, 4.69) is 0 Å². The van der Waals surface area contributed by atoms with E-state index in [0.29, 0.717) is 37.9 Å². The summed E-state index contributed by atoms with van der Waals surface area (Å²) in [7, 11) is 0. The van der Waals surface area contributed by atoms with Gasteiger partial charge in [-0.2, -0.15) is 0 Å². The Bertz CT molecular complexity index is 386. The van der Waals surface area contributed by atoms with Gasteiger partial charge in [-0.05, 0) is 33.2 Å². The molecule has 1 atom stereocenters. The highest BCUT2D eigenvalue weighted by Gasteiger charge is 2.37. The van der Waals surface area contributed by atoms with E-state index in [1.54, 1.807) is 4.90 Å². The number of hydrogen-bond acceptors (Lipinski definition) is 4. The molecular formula is C14H25N3O3. The van der Waals surface area contributed by atoms with Gasteiger partial charge in [0.2, 0.25) is 5.91 Å². The minimum Gasteiger partial charge on any atom is -0.444 e. The number of rotatable bonds is 3. The second-order valence-electron chi connectivity index (χ2n) is 6.86. The Morgan fingerprint density at radius 3 is 2.45 bits per heavy atom. The predicted molar refractivity (Wildman–Crippen MR) is 75.0 cm³/mol. The summed E-state index contributed by atoms with van der Waals surface area (Å²) < 4.78 is 5.31. The summed E-state index contributed by atoms with van der Waals surface area (Å²) in [6.45, 7) is 8.98. The number of carbonyl (C=O) groups is 2. The van der Waals surface area contributed by atoms with Crippen LogP contribution in [-0.4, -0.2) is 60.1 Å². The molecule has 0 saturated carbocycles. The molecule has 114 valence electrons. The van der Waals surface area contributed by atoms with Crippen LogP contribution in [0.3, 0.4) is 0 Å². The highest BCUT2D eigenvalue weighted by Crippen LogP contribution is 2.24. The molecule has 2 rings (SSSR count). The van der Waals surface area contributed by atoms with Crippen LogP contribution in [0.25, 0.3) is 0 Å². The summed E-state index contributed by atoms with van der Waals surface area (Å²) in [5.41, 5.74) is 5.15. The maximum absolute atomic E-state index is 11.8. The molecule has 1 unspecified atom stereocenters. The van der Waals surface area contributed by atoms with Crippen molar-refractivity contribution < 1.29 is 14.3 Å². The smallest absolute Gasteiger partial charge is 0.410 e. The van der Waals surface area contributed by atoms with E-state index in [1.165, 1.54) is 0 Å². The summed E-state index contributed by atoms with van der Waals surface area (Å²) in [5.74, 6) is 0.851. The van der Waals surface area contributed by atoms with E-state index < -0.39 is 5.60 Å². The van der Waals surface area contributed by atoms with Gasteiger partial charge >= 0.3 is 6.09 Å². The second kappa shape index (κ2) is 5.60. The number of nitrogens with zero attached hydrogens (tertiary/aromatic N) is 2. The summed E-state index contributed by atoms with van der Waals surface area (Å²) in [4.78, 5) is 27.2. The third-order valence-corrected chi connectivity index (χ3v) is 3.72. The fourth-order valence-corrected chi connectivity index (χ4v) is 2.66. The van der Waals surface area contributed by atoms with Crippen molar-refractivity contribution in [2.75, 3.05) is 32.7 Å². The molecule has 0 radical (unpaired) electrons. The van der Waals surface area contributed by atoms with Crippen LogP contribution in [0.4, 0.5) is 4.79 Å². The van der Waals surface area contributed by atoms with E-state index in [-0.39, 0.29) is 12.0 Å². The SMILES string of the molecule is CC(C)(C)OC(=O)N1CC(CN2CC(CN)CC2=O)C1. The Hall–Kier alpha value is -1.30. The zero-order valence-corrected chi connectivity index (χ0v) is 12.6. The molecular weight excluding hydrogens is 258 g/mol. The zero-order chi connectivity index (χ0) is 14.9. The fraction of sp³-hybridized carbons (Fsp3) is 0.857. The van der Waals surface area contributed by atoms with Crippen LogP contribution < -0.4 is 5.73 Å². The number of likely N-dealkylation sites (tertiary alicyclic amines) is 2. The molecule has 20 heavy (non-hydrogen) atoms. The minimum absolute atomic E-state index is 0.191. The second-order valence-corrected chi connectivity index (χ2v) is 6.86. The Morgan fingerprint density at radius 1 is 1.30 bits per heavy atom. The monoisotopic (exact) mass is 283 g/mol. The van der Waals surface area contributed by atoms with Crippen LogP contribution in [0, 0.1) is 11.8 Å². The molecule has 0 aromatic rings. The Labute approximate surface area is 120 Å². The Morgan fingerprint density at radius 2 is 1.95 bits per heavy atom. The van der Waals surface area contributed by atoms with Gasteiger partial charge in [-0.3, -0.25) is 4.79 Å². The van der Waals surface area contributed by atoms with Crippen molar-refractivity contribution in [1.29, 1.82) is 0 Å². The number of amides is 2. The molecule has 6 heteroatoms. The third kappa shape index (κ3) is 3.62. The summed E-state index contributed by atoms with van der Waals surface area (Å²) in [6.07, 6.45) is 0.306. The number of hydrogen-bond donors (Lipinski definition) is 1. The lowest BCUT2D eigenvalue weighted by molar-refractivity contribution is -0.128. The highest BCUT2D eigenvalue weighted by atomic mass is 16.6. The fourth-order valence-electron chi connectivity index (χ4n) is 2.66. The van der Waals surface area contributed by atoms with Crippen LogP contribution in [0.1, 0.15) is 27.2 Å². The van der Waals surface area contributed by atoms with Gasteiger partial charge in [0, 0.05) is 38.5 Å². The number of nitrogens with two attached hydrogens (primary N) is 1. The quantitative estimate of drug-likeness (QED) is 0.825. The molecule has 0 bridgehead atoms. The van der Waals surface area contributed by atoms with E-state index in [4.69, 9.17) is 10.5 Å². The molecule has 2 fully saturated rings. The molecule has 0 aromatic heterocycles. The van der Waals surface area contributed by atoms with Crippen molar-refractivity contribution >= 4 is 12.0 Å². The lowest BCUT2D eigenvalue weighted by atomic mass is 10.0. The molecule has 2 aliphatic rings. The lowest BCUT2D eigenvalue weighted by Gasteiger charge is -2.41. The van der Waals surface area contributed by atoms with E-state index in [1.807, 2.05) is 25.7 Å². The van der Waals surface area contributed by atoms with Gasteiger partial charge in [-0.1, -0.05) is 0 Å². The molecule has 2 N–H and O–H groups in total. The lowest BCUT2D eigenvalue weighted by Crippen LogP contribution is -2.55. The average molecular weight is 283 g/mol. The van der Waals surface area contributed by atoms with Crippen LogP contribution in [-0.2, 0) is 9.53 Å². The molecule has 2 aliphatic heterocycles. The summed E-state index contributed by atoms with van der Waals surface area (Å²) in [5, 5.41) is 0. The van der Waals surface area contributed by atoms with Crippen molar-refractivity contribution in [3.05, 3.63) is 0 Å². The molecule has 0 spiro atoms. The van der Waals surface area contributed by atoms with Crippen molar-refractivity contribution in [2.24, 2.45) is 17.6 Å². The molecule has 2 heterocycles. The first kappa shape index (κ1) is 15.1. The molecule has 2 saturated heterocycles. The van der Waals surface area contributed by atoms with E-state index >= 15 is 0 Å². The van der Waals surface area contributed by atoms with Crippen molar-refractivity contribution in [2.45, 2.75) is 32.8 Å². The highest BCUT2D eigenvalue weighted by molar-refractivity contribution is 5.78. The predicted octanol–water partition coefficient (Wildman–Crippen LogP) is 0.661. The normalized spacial score (nSPS) is 24.0. The van der Waals surface area contributed by atoms with E-state index in [9.17, 15) is 9.59 Å². The van der Waals surface area contributed by atoms with E-state index in [0.717, 1.165) is 13.1 Å². The van der Waals surface area contributed by atoms with Crippen LogP contribution in [0.2, 0.25) is 0 Å². The first-order valence-corrected chi connectivity index (χ1v) is 7.24.